The molecule has 1 heterocycles. The lowest BCUT2D eigenvalue weighted by atomic mass is 10.2. The Morgan fingerprint density at radius 3 is 2.74 bits per heavy atom. The molecular weight excluding hydrogens is 338 g/mol. The highest BCUT2D eigenvalue weighted by Crippen LogP contribution is 2.18. The molecule has 0 aliphatic rings. The number of carbonyl (C=O) groups is 1. The zero-order valence-electron chi connectivity index (χ0n) is 12.0. The molecule has 120 valence electrons. The van der Waals surface area contributed by atoms with Gasteiger partial charge in [0, 0.05) is 17.1 Å². The minimum atomic E-state index is -0.446. The molecule has 0 saturated heterocycles. The molecule has 0 radical (unpaired) electrons. The first-order valence-corrected chi connectivity index (χ1v) is 7.97. The van der Waals surface area contributed by atoms with Crippen molar-refractivity contribution in [1.29, 1.82) is 0 Å². The van der Waals surface area contributed by atoms with E-state index in [-0.39, 0.29) is 34.7 Å². The van der Waals surface area contributed by atoms with Crippen molar-refractivity contribution < 1.29 is 9.90 Å². The van der Waals surface area contributed by atoms with Gasteiger partial charge in [-0.15, -0.1) is 6.58 Å². The van der Waals surface area contributed by atoms with E-state index in [0.29, 0.717) is 10.7 Å². The Labute approximate surface area is 141 Å². The van der Waals surface area contributed by atoms with Crippen LogP contribution in [0, 0.1) is 0 Å². The second kappa shape index (κ2) is 7.85. The van der Waals surface area contributed by atoms with Crippen LogP contribution in [0.2, 0.25) is 5.02 Å². The van der Waals surface area contributed by atoms with Crippen molar-refractivity contribution in [2.45, 2.75) is 11.6 Å². The molecule has 1 amide bonds. The minimum Gasteiger partial charge on any atom is -0.493 e. The summed E-state index contributed by atoms with van der Waals surface area (Å²) in [4.78, 5) is 30.0. The summed E-state index contributed by atoms with van der Waals surface area (Å²) in [7, 11) is 0. The number of halogens is 1. The molecule has 23 heavy (non-hydrogen) atoms. The molecule has 2 aromatic rings. The number of amides is 1. The maximum atomic E-state index is 11.8. The van der Waals surface area contributed by atoms with Crippen LogP contribution in [0.1, 0.15) is 5.56 Å². The number of hydrogen-bond acceptors (Lipinski definition) is 5. The quantitative estimate of drug-likeness (QED) is 0.422. The van der Waals surface area contributed by atoms with Gasteiger partial charge in [0.15, 0.2) is 5.16 Å². The molecule has 6 nitrogen and oxygen atoms in total. The van der Waals surface area contributed by atoms with Gasteiger partial charge >= 0.3 is 0 Å². The molecule has 0 fully saturated rings. The van der Waals surface area contributed by atoms with Crippen LogP contribution in [0.5, 0.6) is 5.88 Å². The molecule has 0 aliphatic heterocycles. The summed E-state index contributed by atoms with van der Waals surface area (Å²) in [5.74, 6) is -0.588. The zero-order valence-corrected chi connectivity index (χ0v) is 13.6. The van der Waals surface area contributed by atoms with E-state index in [0.717, 1.165) is 11.8 Å². The fourth-order valence-electron chi connectivity index (χ4n) is 1.73. The second-order valence-corrected chi connectivity index (χ2v) is 5.91. The van der Waals surface area contributed by atoms with Crippen molar-refractivity contribution in [3.63, 3.8) is 0 Å². The number of rotatable bonds is 6. The number of aromatic hydroxyl groups is 1. The molecule has 3 N–H and O–H groups in total. The molecule has 0 saturated carbocycles. The Balaban J connectivity index is 1.97. The van der Waals surface area contributed by atoms with E-state index in [1.165, 1.54) is 6.08 Å². The fraction of sp³-hybridized carbons (Fsp3) is 0.133. The number of carbonyl (C=O) groups excluding carboxylic acids is 1. The molecule has 0 atom stereocenters. The standard InChI is InChI=1S/C15H14ClN3O3S/c1-2-3-11-13(21)18-15(19-14(11)22)23-8-12(20)17-10-6-4-9(16)5-7-10/h2,4-7H,1,3,8H2,(H,17,20)(H2,18,19,21,22). The van der Waals surface area contributed by atoms with Gasteiger partial charge in [-0.2, -0.15) is 4.98 Å². The monoisotopic (exact) mass is 351 g/mol. The molecule has 0 aliphatic carbocycles. The third-order valence-corrected chi connectivity index (χ3v) is 3.91. The number of allylic oxidation sites excluding steroid dienone is 1. The SMILES string of the molecule is C=CCc1c(O)nc(SCC(=O)Nc2ccc(Cl)cc2)[nH]c1=O. The summed E-state index contributed by atoms with van der Waals surface area (Å²) in [6.07, 6.45) is 1.72. The van der Waals surface area contributed by atoms with Gasteiger partial charge < -0.3 is 15.4 Å². The Kier molecular flexibility index (Phi) is 5.84. The average Bonchev–Trinajstić information content (AvgIpc) is 2.51. The number of benzene rings is 1. The highest BCUT2D eigenvalue weighted by molar-refractivity contribution is 7.99. The number of aromatic nitrogens is 2. The Morgan fingerprint density at radius 1 is 1.43 bits per heavy atom. The molecule has 1 aromatic heterocycles. The van der Waals surface area contributed by atoms with Crippen LogP contribution in [-0.2, 0) is 11.2 Å². The lowest BCUT2D eigenvalue weighted by molar-refractivity contribution is -0.113. The lowest BCUT2D eigenvalue weighted by Gasteiger charge is -2.06. The Hall–Kier alpha value is -2.25. The van der Waals surface area contributed by atoms with Crippen LogP contribution in [0.15, 0.2) is 46.9 Å². The molecule has 0 bridgehead atoms. The zero-order chi connectivity index (χ0) is 16.8. The highest BCUT2D eigenvalue weighted by Gasteiger charge is 2.11. The van der Waals surface area contributed by atoms with Gasteiger partial charge in [0.05, 0.1) is 11.3 Å². The first-order chi connectivity index (χ1) is 11.0. The first-order valence-electron chi connectivity index (χ1n) is 6.61. The van der Waals surface area contributed by atoms with Crippen LogP contribution < -0.4 is 10.9 Å². The summed E-state index contributed by atoms with van der Waals surface area (Å²) < 4.78 is 0. The number of nitrogens with one attached hydrogen (secondary N) is 2. The van der Waals surface area contributed by atoms with E-state index < -0.39 is 5.56 Å². The van der Waals surface area contributed by atoms with Crippen molar-refractivity contribution >= 4 is 35.0 Å². The van der Waals surface area contributed by atoms with Crippen LogP contribution in [-0.4, -0.2) is 26.7 Å². The minimum absolute atomic E-state index is 0.0335. The second-order valence-electron chi connectivity index (χ2n) is 4.51. The van der Waals surface area contributed by atoms with Gasteiger partial charge in [0.25, 0.3) is 5.56 Å². The van der Waals surface area contributed by atoms with E-state index in [2.05, 4.69) is 21.9 Å². The number of aromatic amines is 1. The topological polar surface area (TPSA) is 95.1 Å². The van der Waals surface area contributed by atoms with E-state index >= 15 is 0 Å². The maximum absolute atomic E-state index is 11.8. The van der Waals surface area contributed by atoms with Crippen molar-refractivity contribution in [2.24, 2.45) is 0 Å². The Bertz CT molecular complexity index is 775. The van der Waals surface area contributed by atoms with Crippen molar-refractivity contribution in [3.05, 3.63) is 57.9 Å². The van der Waals surface area contributed by atoms with E-state index in [9.17, 15) is 14.7 Å². The Morgan fingerprint density at radius 2 is 2.13 bits per heavy atom. The highest BCUT2D eigenvalue weighted by atomic mass is 35.5. The summed E-state index contributed by atoms with van der Waals surface area (Å²) in [6.45, 7) is 3.51. The lowest BCUT2D eigenvalue weighted by Crippen LogP contribution is -2.17. The third-order valence-electron chi connectivity index (χ3n) is 2.79. The normalized spacial score (nSPS) is 10.3. The van der Waals surface area contributed by atoms with Gasteiger partial charge in [-0.1, -0.05) is 29.4 Å². The summed E-state index contributed by atoms with van der Waals surface area (Å²) >= 11 is 6.78. The van der Waals surface area contributed by atoms with E-state index in [4.69, 9.17) is 11.6 Å². The number of anilines is 1. The van der Waals surface area contributed by atoms with Crippen molar-refractivity contribution in [2.75, 3.05) is 11.1 Å². The van der Waals surface area contributed by atoms with Gasteiger partial charge in [-0.3, -0.25) is 9.59 Å². The number of nitrogens with zero attached hydrogens (tertiary/aromatic N) is 1. The number of H-pyrrole nitrogens is 1. The number of thioether (sulfide) groups is 1. The van der Waals surface area contributed by atoms with E-state index in [1.807, 2.05) is 0 Å². The maximum Gasteiger partial charge on any atom is 0.258 e. The van der Waals surface area contributed by atoms with E-state index in [1.54, 1.807) is 24.3 Å². The molecule has 2 rings (SSSR count). The third kappa shape index (κ3) is 4.87. The van der Waals surface area contributed by atoms with Crippen LogP contribution in [0.3, 0.4) is 0 Å². The van der Waals surface area contributed by atoms with Gasteiger partial charge in [-0.25, -0.2) is 0 Å². The fourth-order valence-corrected chi connectivity index (χ4v) is 2.51. The molecule has 8 heteroatoms. The van der Waals surface area contributed by atoms with Crippen LogP contribution >= 0.6 is 23.4 Å². The summed E-state index contributed by atoms with van der Waals surface area (Å²) in [6, 6.07) is 6.70. The van der Waals surface area contributed by atoms with Crippen LogP contribution in [0.25, 0.3) is 0 Å². The van der Waals surface area contributed by atoms with Gasteiger partial charge in [0.1, 0.15) is 0 Å². The molecule has 0 unspecified atom stereocenters. The summed E-state index contributed by atoms with van der Waals surface area (Å²) in [5, 5.41) is 13.2. The van der Waals surface area contributed by atoms with Gasteiger partial charge in [-0.05, 0) is 24.3 Å². The molecule has 0 spiro atoms. The molecular formula is C15H14ClN3O3S. The van der Waals surface area contributed by atoms with Crippen molar-refractivity contribution in [3.8, 4) is 5.88 Å². The largest absolute Gasteiger partial charge is 0.493 e. The van der Waals surface area contributed by atoms with Crippen molar-refractivity contribution in [1.82, 2.24) is 9.97 Å². The smallest absolute Gasteiger partial charge is 0.258 e. The predicted molar refractivity (Wildman–Crippen MR) is 91.2 cm³/mol. The average molecular weight is 352 g/mol. The summed E-state index contributed by atoms with van der Waals surface area (Å²) in [5.41, 5.74) is 0.318. The predicted octanol–water partition coefficient (Wildman–Crippen LogP) is 2.59. The number of hydrogen-bond donors (Lipinski definition) is 3. The molecule has 1 aromatic carbocycles. The first kappa shape index (κ1) is 17.1. The van der Waals surface area contributed by atoms with Gasteiger partial charge in [0.2, 0.25) is 11.8 Å². The van der Waals surface area contributed by atoms with Crippen LogP contribution in [0.4, 0.5) is 5.69 Å².